The van der Waals surface area contributed by atoms with Crippen LogP contribution in [0.3, 0.4) is 0 Å². The molecule has 0 aliphatic rings. The average molecular weight is 295 g/mol. The average Bonchev–Trinajstić information content (AvgIpc) is 2.52. The zero-order chi connectivity index (χ0) is 15.8. The van der Waals surface area contributed by atoms with Gasteiger partial charge in [-0.2, -0.15) is 0 Å². The smallest absolute Gasteiger partial charge is 0.0439 e. The Morgan fingerprint density at radius 2 is 1.64 bits per heavy atom. The third-order valence-corrected chi connectivity index (χ3v) is 3.46. The second-order valence-corrected chi connectivity index (χ2v) is 5.95. The Bertz CT molecular complexity index is 583. The standard InChI is InChI=1S/C19H25N3/c1-15(2)20-12-4-5-17-7-9-19(22-14-17)11-10-18-8-6-16(3)13-21-18/h6-9,12-15H,4-5,10-11H2,1-3H3. The number of aliphatic imine (C=N–C) groups is 1. The number of hydrogen-bond acceptors (Lipinski definition) is 3. The monoisotopic (exact) mass is 295 g/mol. The van der Waals surface area contributed by atoms with Gasteiger partial charge in [-0.3, -0.25) is 15.0 Å². The van der Waals surface area contributed by atoms with Gasteiger partial charge in [0.1, 0.15) is 0 Å². The van der Waals surface area contributed by atoms with Crippen molar-refractivity contribution in [3.05, 3.63) is 59.2 Å². The molecule has 0 aromatic carbocycles. The molecule has 0 saturated carbocycles. The minimum absolute atomic E-state index is 0.385. The molecular weight excluding hydrogens is 270 g/mol. The zero-order valence-corrected chi connectivity index (χ0v) is 13.8. The quantitative estimate of drug-likeness (QED) is 0.725. The summed E-state index contributed by atoms with van der Waals surface area (Å²) in [7, 11) is 0. The molecule has 0 bridgehead atoms. The van der Waals surface area contributed by atoms with Crippen LogP contribution in [0, 0.1) is 6.92 Å². The van der Waals surface area contributed by atoms with Crippen molar-refractivity contribution in [2.75, 3.05) is 0 Å². The molecule has 0 radical (unpaired) electrons. The highest BCUT2D eigenvalue weighted by molar-refractivity contribution is 5.57. The summed E-state index contributed by atoms with van der Waals surface area (Å²) in [5.74, 6) is 0. The van der Waals surface area contributed by atoms with Gasteiger partial charge < -0.3 is 0 Å². The lowest BCUT2D eigenvalue weighted by atomic mass is 10.1. The van der Waals surface area contributed by atoms with Crippen LogP contribution in [-0.2, 0) is 19.3 Å². The van der Waals surface area contributed by atoms with E-state index >= 15 is 0 Å². The number of aromatic nitrogens is 2. The third kappa shape index (κ3) is 5.76. The van der Waals surface area contributed by atoms with Crippen LogP contribution in [0.15, 0.2) is 41.7 Å². The molecule has 116 valence electrons. The number of rotatable bonds is 7. The van der Waals surface area contributed by atoms with E-state index in [2.05, 4.69) is 60.0 Å². The van der Waals surface area contributed by atoms with Crippen LogP contribution in [0.2, 0.25) is 0 Å². The van der Waals surface area contributed by atoms with E-state index in [1.54, 1.807) is 0 Å². The fourth-order valence-electron chi connectivity index (χ4n) is 2.17. The second kappa shape index (κ2) is 8.42. The van der Waals surface area contributed by atoms with Crippen molar-refractivity contribution >= 4 is 6.21 Å². The topological polar surface area (TPSA) is 38.1 Å². The highest BCUT2D eigenvalue weighted by atomic mass is 14.7. The van der Waals surface area contributed by atoms with Crippen molar-refractivity contribution in [2.24, 2.45) is 4.99 Å². The SMILES string of the molecule is Cc1ccc(CCc2ccc(CCC=NC(C)C)cn2)nc1. The maximum atomic E-state index is 4.55. The first-order valence-electron chi connectivity index (χ1n) is 8.00. The van der Waals surface area contributed by atoms with E-state index in [9.17, 15) is 0 Å². The highest BCUT2D eigenvalue weighted by Gasteiger charge is 1.99. The Balaban J connectivity index is 1.80. The fraction of sp³-hybridized carbons (Fsp3) is 0.421. The molecule has 0 amide bonds. The maximum absolute atomic E-state index is 4.55. The molecule has 0 atom stereocenters. The number of nitrogens with zero attached hydrogens (tertiary/aromatic N) is 3. The van der Waals surface area contributed by atoms with E-state index in [4.69, 9.17) is 0 Å². The Kier molecular flexibility index (Phi) is 6.26. The van der Waals surface area contributed by atoms with Crippen molar-refractivity contribution < 1.29 is 0 Å². The van der Waals surface area contributed by atoms with E-state index < -0.39 is 0 Å². The molecule has 3 heteroatoms. The zero-order valence-electron chi connectivity index (χ0n) is 13.8. The Morgan fingerprint density at radius 3 is 2.18 bits per heavy atom. The first-order chi connectivity index (χ1) is 10.6. The summed E-state index contributed by atoms with van der Waals surface area (Å²) in [6.07, 6.45) is 9.78. The predicted molar refractivity (Wildman–Crippen MR) is 92.6 cm³/mol. The van der Waals surface area contributed by atoms with E-state index in [-0.39, 0.29) is 0 Å². The molecule has 0 N–H and O–H groups in total. The first-order valence-corrected chi connectivity index (χ1v) is 8.00. The normalized spacial score (nSPS) is 11.5. The fourth-order valence-corrected chi connectivity index (χ4v) is 2.17. The summed E-state index contributed by atoms with van der Waals surface area (Å²) in [6, 6.07) is 8.89. The molecule has 3 nitrogen and oxygen atoms in total. The maximum Gasteiger partial charge on any atom is 0.0439 e. The van der Waals surface area contributed by atoms with Crippen LogP contribution in [0.4, 0.5) is 0 Å². The highest BCUT2D eigenvalue weighted by Crippen LogP contribution is 2.07. The summed E-state index contributed by atoms with van der Waals surface area (Å²) in [5, 5.41) is 0. The minimum atomic E-state index is 0.385. The van der Waals surface area contributed by atoms with Crippen molar-refractivity contribution in [1.29, 1.82) is 0 Å². The van der Waals surface area contributed by atoms with Gasteiger partial charge in [-0.15, -0.1) is 0 Å². The molecule has 2 rings (SSSR count). The number of hydrogen-bond donors (Lipinski definition) is 0. The van der Waals surface area contributed by atoms with Gasteiger partial charge in [0.15, 0.2) is 0 Å². The molecule has 0 aliphatic carbocycles. The Morgan fingerprint density at radius 1 is 0.955 bits per heavy atom. The van der Waals surface area contributed by atoms with Gasteiger partial charge in [-0.1, -0.05) is 12.1 Å². The summed E-state index contributed by atoms with van der Waals surface area (Å²) in [5.41, 5.74) is 4.72. The van der Waals surface area contributed by atoms with Gasteiger partial charge >= 0.3 is 0 Å². The Labute approximate surface area is 133 Å². The summed E-state index contributed by atoms with van der Waals surface area (Å²) >= 11 is 0. The molecule has 0 unspecified atom stereocenters. The van der Waals surface area contributed by atoms with Crippen LogP contribution in [0.25, 0.3) is 0 Å². The van der Waals surface area contributed by atoms with E-state index in [0.29, 0.717) is 6.04 Å². The van der Waals surface area contributed by atoms with Crippen molar-refractivity contribution in [3.8, 4) is 0 Å². The van der Waals surface area contributed by atoms with Crippen LogP contribution >= 0.6 is 0 Å². The molecule has 22 heavy (non-hydrogen) atoms. The van der Waals surface area contributed by atoms with Gasteiger partial charge in [-0.25, -0.2) is 0 Å². The molecule has 0 saturated heterocycles. The number of aryl methyl sites for hydroxylation is 4. The van der Waals surface area contributed by atoms with Crippen LogP contribution < -0.4 is 0 Å². The third-order valence-electron chi connectivity index (χ3n) is 3.46. The van der Waals surface area contributed by atoms with Crippen molar-refractivity contribution in [1.82, 2.24) is 9.97 Å². The van der Waals surface area contributed by atoms with Gasteiger partial charge in [0, 0.05) is 29.8 Å². The van der Waals surface area contributed by atoms with Crippen LogP contribution in [0.5, 0.6) is 0 Å². The predicted octanol–water partition coefficient (Wildman–Crippen LogP) is 3.98. The molecule has 0 aliphatic heterocycles. The van der Waals surface area contributed by atoms with E-state index in [1.165, 1.54) is 11.1 Å². The summed E-state index contributed by atoms with van der Waals surface area (Å²) in [4.78, 5) is 13.4. The largest absolute Gasteiger partial charge is 0.295 e. The lowest BCUT2D eigenvalue weighted by molar-refractivity contribution is 0.833. The van der Waals surface area contributed by atoms with Crippen LogP contribution in [0.1, 0.15) is 42.8 Å². The van der Waals surface area contributed by atoms with Crippen molar-refractivity contribution in [2.45, 2.75) is 52.5 Å². The molecule has 2 aromatic rings. The van der Waals surface area contributed by atoms with E-state index in [1.807, 2.05) is 18.6 Å². The van der Waals surface area contributed by atoms with Gasteiger partial charge in [0.05, 0.1) is 0 Å². The lowest BCUT2D eigenvalue weighted by Crippen LogP contribution is -1.98. The molecule has 2 aromatic heterocycles. The molecule has 0 fully saturated rings. The summed E-state index contributed by atoms with van der Waals surface area (Å²) in [6.45, 7) is 6.24. The second-order valence-electron chi connectivity index (χ2n) is 5.95. The summed E-state index contributed by atoms with van der Waals surface area (Å²) < 4.78 is 0. The molecular formula is C19H25N3. The minimum Gasteiger partial charge on any atom is -0.295 e. The lowest BCUT2D eigenvalue weighted by Gasteiger charge is -2.03. The van der Waals surface area contributed by atoms with Crippen molar-refractivity contribution in [3.63, 3.8) is 0 Å². The van der Waals surface area contributed by atoms with Gasteiger partial charge in [0.25, 0.3) is 0 Å². The van der Waals surface area contributed by atoms with Gasteiger partial charge in [0.2, 0.25) is 0 Å². The number of pyridine rings is 2. The molecule has 0 spiro atoms. The molecule has 2 heterocycles. The van der Waals surface area contributed by atoms with Crippen LogP contribution in [-0.4, -0.2) is 22.2 Å². The first kappa shape index (κ1) is 16.3. The van der Waals surface area contributed by atoms with E-state index in [0.717, 1.165) is 37.1 Å². The Hall–Kier alpha value is -2.03. The van der Waals surface area contributed by atoms with Gasteiger partial charge in [-0.05, 0) is 75.9 Å².